The number of allylic oxidation sites excluding steroid dienone is 2. The first-order valence-corrected chi connectivity index (χ1v) is 11.0. The Kier molecular flexibility index (Phi) is 5.95. The number of benzene rings is 1. The number of aromatic nitrogens is 1. The van der Waals surface area contributed by atoms with E-state index in [-0.39, 0.29) is 34.9 Å². The minimum Gasteiger partial charge on any atom is -0.463 e. The second-order valence-corrected chi connectivity index (χ2v) is 9.15. The summed E-state index contributed by atoms with van der Waals surface area (Å²) in [7, 11) is 0. The number of hydrogen-bond acceptors (Lipinski definition) is 8. The molecular weight excluding hydrogens is 436 g/mol. The predicted molar refractivity (Wildman–Crippen MR) is 125 cm³/mol. The third kappa shape index (κ3) is 4.05. The highest BCUT2D eigenvalue weighted by atomic mass is 16.6. The third-order valence-electron chi connectivity index (χ3n) is 6.09. The van der Waals surface area contributed by atoms with Gasteiger partial charge in [-0.1, -0.05) is 19.9 Å². The van der Waals surface area contributed by atoms with Crippen LogP contribution in [0.25, 0.3) is 0 Å². The van der Waals surface area contributed by atoms with Crippen molar-refractivity contribution < 1.29 is 19.2 Å². The Balaban J connectivity index is 1.99. The third-order valence-corrected chi connectivity index (χ3v) is 6.09. The standard InChI is InChI=1S/C25H26N4O5/c1-4-34-24(31)22-20(15-6-5-11-27-14-15)21-18(12-25(2,3)13-19(21)30)28(23(22)26)16-7-9-17(10-8-16)29(32)33/h5-11,14,20H,4,12-13,26H2,1-3H3. The van der Waals surface area contributed by atoms with Crippen LogP contribution in [0.5, 0.6) is 0 Å². The van der Waals surface area contributed by atoms with E-state index >= 15 is 0 Å². The van der Waals surface area contributed by atoms with Crippen molar-refractivity contribution in [3.05, 3.63) is 87.1 Å². The zero-order valence-corrected chi connectivity index (χ0v) is 19.3. The van der Waals surface area contributed by atoms with Gasteiger partial charge in [0, 0.05) is 47.9 Å². The van der Waals surface area contributed by atoms with E-state index in [1.165, 1.54) is 12.1 Å². The summed E-state index contributed by atoms with van der Waals surface area (Å²) in [5.41, 5.74) is 8.74. The number of Topliss-reactive ketones (excluding diaryl/α,β-unsaturated/α-hetero) is 1. The lowest BCUT2D eigenvalue weighted by atomic mass is 9.68. The maximum Gasteiger partial charge on any atom is 0.338 e. The number of nitrogens with zero attached hydrogens (tertiary/aromatic N) is 3. The van der Waals surface area contributed by atoms with Crippen molar-refractivity contribution >= 4 is 23.1 Å². The summed E-state index contributed by atoms with van der Waals surface area (Å²) >= 11 is 0. The molecular formula is C25H26N4O5. The number of carbonyl (C=O) groups is 2. The first kappa shape index (κ1) is 23.2. The fraction of sp³-hybridized carbons (Fsp3) is 0.320. The van der Waals surface area contributed by atoms with Gasteiger partial charge in [0.2, 0.25) is 0 Å². The Morgan fingerprint density at radius 2 is 1.97 bits per heavy atom. The van der Waals surface area contributed by atoms with Crippen LogP contribution in [0.2, 0.25) is 0 Å². The van der Waals surface area contributed by atoms with Gasteiger partial charge in [-0.05, 0) is 42.5 Å². The summed E-state index contributed by atoms with van der Waals surface area (Å²) in [5, 5.41) is 11.2. The Bertz CT molecular complexity index is 1220. The SMILES string of the molecule is CCOC(=O)C1=C(N)N(c2ccc([N+](=O)[O-])cc2)C2=C(C(=O)CC(C)(C)C2)C1c1cccnc1. The molecule has 0 fully saturated rings. The van der Waals surface area contributed by atoms with Gasteiger partial charge in [0.05, 0.1) is 23.0 Å². The molecule has 1 aliphatic heterocycles. The lowest BCUT2D eigenvalue weighted by Gasteiger charge is -2.44. The molecule has 2 heterocycles. The van der Waals surface area contributed by atoms with Crippen LogP contribution >= 0.6 is 0 Å². The van der Waals surface area contributed by atoms with E-state index in [1.807, 2.05) is 19.9 Å². The molecule has 1 aromatic heterocycles. The summed E-state index contributed by atoms with van der Waals surface area (Å²) in [6.07, 6.45) is 4.08. The van der Waals surface area contributed by atoms with Gasteiger partial charge in [-0.15, -0.1) is 0 Å². The van der Waals surface area contributed by atoms with Crippen LogP contribution in [0.4, 0.5) is 11.4 Å². The summed E-state index contributed by atoms with van der Waals surface area (Å²) < 4.78 is 5.35. The van der Waals surface area contributed by atoms with E-state index in [9.17, 15) is 19.7 Å². The highest BCUT2D eigenvalue weighted by molar-refractivity contribution is 6.05. The molecule has 4 rings (SSSR count). The van der Waals surface area contributed by atoms with Crippen molar-refractivity contribution in [2.45, 2.75) is 39.5 Å². The monoisotopic (exact) mass is 462 g/mol. The number of anilines is 1. The van der Waals surface area contributed by atoms with E-state index < -0.39 is 16.8 Å². The van der Waals surface area contributed by atoms with Gasteiger partial charge in [0.1, 0.15) is 5.82 Å². The number of nitro groups is 1. The van der Waals surface area contributed by atoms with E-state index in [0.29, 0.717) is 35.4 Å². The summed E-state index contributed by atoms with van der Waals surface area (Å²) in [6.45, 7) is 5.84. The van der Waals surface area contributed by atoms with Crippen molar-refractivity contribution in [2.24, 2.45) is 11.1 Å². The van der Waals surface area contributed by atoms with Gasteiger partial charge in [-0.25, -0.2) is 4.79 Å². The number of hydrogen-bond donors (Lipinski definition) is 1. The molecule has 0 radical (unpaired) electrons. The number of pyridine rings is 1. The van der Waals surface area contributed by atoms with Crippen molar-refractivity contribution in [3.63, 3.8) is 0 Å². The van der Waals surface area contributed by atoms with Crippen molar-refractivity contribution in [1.29, 1.82) is 0 Å². The van der Waals surface area contributed by atoms with E-state index in [0.717, 1.165) is 0 Å². The Labute approximate surface area is 197 Å². The molecule has 34 heavy (non-hydrogen) atoms. The molecule has 1 atom stereocenters. The Morgan fingerprint density at radius 1 is 1.26 bits per heavy atom. The van der Waals surface area contributed by atoms with Crippen molar-refractivity contribution in [1.82, 2.24) is 4.98 Å². The predicted octanol–water partition coefficient (Wildman–Crippen LogP) is 3.97. The molecule has 1 aliphatic carbocycles. The van der Waals surface area contributed by atoms with Gasteiger partial charge >= 0.3 is 5.97 Å². The minimum atomic E-state index is -0.722. The van der Waals surface area contributed by atoms with Gasteiger partial charge in [0.15, 0.2) is 5.78 Å². The van der Waals surface area contributed by atoms with Crippen LogP contribution in [0, 0.1) is 15.5 Å². The van der Waals surface area contributed by atoms with Crippen LogP contribution in [0.1, 0.15) is 45.1 Å². The molecule has 1 aromatic carbocycles. The number of nitro benzene ring substituents is 1. The normalized spacial score (nSPS) is 19.7. The zero-order valence-electron chi connectivity index (χ0n) is 19.3. The molecule has 0 saturated carbocycles. The molecule has 176 valence electrons. The fourth-order valence-electron chi connectivity index (χ4n) is 4.72. The molecule has 2 aromatic rings. The molecule has 0 bridgehead atoms. The lowest BCUT2D eigenvalue weighted by Crippen LogP contribution is -2.43. The van der Waals surface area contributed by atoms with E-state index in [4.69, 9.17) is 10.5 Å². The molecule has 2 aliphatic rings. The second kappa shape index (κ2) is 8.74. The van der Waals surface area contributed by atoms with Crippen LogP contribution < -0.4 is 10.6 Å². The summed E-state index contributed by atoms with van der Waals surface area (Å²) in [4.78, 5) is 43.3. The summed E-state index contributed by atoms with van der Waals surface area (Å²) in [6, 6.07) is 9.42. The van der Waals surface area contributed by atoms with Gasteiger partial charge < -0.3 is 10.5 Å². The number of non-ortho nitro benzene ring substituents is 1. The number of ketones is 1. The molecule has 1 unspecified atom stereocenters. The average molecular weight is 463 g/mol. The highest BCUT2D eigenvalue weighted by Gasteiger charge is 2.46. The van der Waals surface area contributed by atoms with Gasteiger partial charge in [0.25, 0.3) is 5.69 Å². The van der Waals surface area contributed by atoms with Gasteiger partial charge in [-0.3, -0.25) is 24.8 Å². The van der Waals surface area contributed by atoms with Crippen LogP contribution in [-0.2, 0) is 14.3 Å². The van der Waals surface area contributed by atoms with E-state index in [2.05, 4.69) is 4.98 Å². The summed E-state index contributed by atoms with van der Waals surface area (Å²) in [5.74, 6) is -1.29. The lowest BCUT2D eigenvalue weighted by molar-refractivity contribution is -0.384. The smallest absolute Gasteiger partial charge is 0.338 e. The number of nitrogens with two attached hydrogens (primary N) is 1. The number of ether oxygens (including phenoxy) is 1. The second-order valence-electron chi connectivity index (χ2n) is 9.15. The van der Waals surface area contributed by atoms with Crippen molar-refractivity contribution in [2.75, 3.05) is 11.5 Å². The maximum atomic E-state index is 13.6. The Morgan fingerprint density at radius 3 is 2.56 bits per heavy atom. The molecule has 9 heteroatoms. The molecule has 0 spiro atoms. The Hall–Kier alpha value is -4.01. The fourth-order valence-corrected chi connectivity index (χ4v) is 4.72. The molecule has 9 nitrogen and oxygen atoms in total. The molecule has 0 saturated heterocycles. The van der Waals surface area contributed by atoms with Crippen LogP contribution in [0.15, 0.2) is 71.5 Å². The number of esters is 1. The van der Waals surface area contributed by atoms with Crippen LogP contribution in [0.3, 0.4) is 0 Å². The van der Waals surface area contributed by atoms with Crippen LogP contribution in [-0.4, -0.2) is 28.3 Å². The largest absolute Gasteiger partial charge is 0.463 e. The highest BCUT2D eigenvalue weighted by Crippen LogP contribution is 2.50. The topological polar surface area (TPSA) is 129 Å². The quantitative estimate of drug-likeness (QED) is 0.401. The van der Waals surface area contributed by atoms with Crippen molar-refractivity contribution in [3.8, 4) is 0 Å². The molecule has 0 amide bonds. The first-order valence-electron chi connectivity index (χ1n) is 11.0. The first-order chi connectivity index (χ1) is 16.1. The molecule has 2 N–H and O–H groups in total. The maximum absolute atomic E-state index is 13.6. The zero-order chi connectivity index (χ0) is 24.6. The van der Waals surface area contributed by atoms with E-state index in [1.54, 1.807) is 42.4 Å². The minimum absolute atomic E-state index is 0.0728. The average Bonchev–Trinajstić information content (AvgIpc) is 2.78. The number of carbonyl (C=O) groups excluding carboxylic acids is 2. The van der Waals surface area contributed by atoms with Gasteiger partial charge in [-0.2, -0.15) is 0 Å². The number of rotatable bonds is 5.